The molecule has 1 atom stereocenters. The quantitative estimate of drug-likeness (QED) is 0.434. The van der Waals surface area contributed by atoms with Crippen LogP contribution in [-0.2, 0) is 0 Å². The molecule has 1 aliphatic heterocycles. The zero-order valence-electron chi connectivity index (χ0n) is 10.5. The van der Waals surface area contributed by atoms with Crippen LogP contribution in [0.25, 0.3) is 0 Å². The molecule has 0 spiro atoms. The van der Waals surface area contributed by atoms with Crippen LogP contribution < -0.4 is 0 Å². The first kappa shape index (κ1) is 12.5. The van der Waals surface area contributed by atoms with Gasteiger partial charge in [0.1, 0.15) is 0 Å². The van der Waals surface area contributed by atoms with E-state index in [0.29, 0.717) is 0 Å². The van der Waals surface area contributed by atoms with Crippen molar-refractivity contribution >= 4 is 6.21 Å². The number of oxime groups is 1. The maximum absolute atomic E-state index is 8.84. The van der Waals surface area contributed by atoms with Crippen molar-refractivity contribution in [1.82, 2.24) is 4.90 Å². The molecule has 1 heterocycles. The maximum atomic E-state index is 8.84. The molecule has 3 nitrogen and oxygen atoms in total. The Morgan fingerprint density at radius 1 is 1.07 bits per heavy atom. The zero-order chi connectivity index (χ0) is 11.5. The van der Waals surface area contributed by atoms with Gasteiger partial charge >= 0.3 is 0 Å². The van der Waals surface area contributed by atoms with Crippen molar-refractivity contribution < 1.29 is 5.21 Å². The Bertz CT molecular complexity index is 226. The summed E-state index contributed by atoms with van der Waals surface area (Å²) in [5.74, 6) is 0. The summed E-state index contributed by atoms with van der Waals surface area (Å²) < 4.78 is 0. The number of piperidine rings is 1. The van der Waals surface area contributed by atoms with E-state index in [9.17, 15) is 0 Å². The second-order valence-corrected chi connectivity index (χ2v) is 5.69. The average Bonchev–Trinajstić information content (AvgIpc) is 2.18. The first-order valence-corrected chi connectivity index (χ1v) is 5.85. The van der Waals surface area contributed by atoms with E-state index >= 15 is 0 Å². The van der Waals surface area contributed by atoms with Crippen LogP contribution in [0.4, 0.5) is 0 Å². The molecule has 1 aliphatic rings. The van der Waals surface area contributed by atoms with Crippen molar-refractivity contribution in [3.63, 3.8) is 0 Å². The van der Waals surface area contributed by atoms with Gasteiger partial charge in [0, 0.05) is 0 Å². The summed E-state index contributed by atoms with van der Waals surface area (Å²) >= 11 is 0. The van der Waals surface area contributed by atoms with Gasteiger partial charge in [-0.25, -0.2) is 0 Å². The van der Waals surface area contributed by atoms with E-state index in [0.717, 1.165) is 13.1 Å². The molecule has 3 heteroatoms. The van der Waals surface area contributed by atoms with E-state index in [-0.39, 0.29) is 11.0 Å². The highest BCUT2D eigenvalue weighted by molar-refractivity contribution is 5.70. The Hall–Kier alpha value is -0.570. The summed E-state index contributed by atoms with van der Waals surface area (Å²) in [6.07, 6.45) is 5.53. The fraction of sp³-hybridized carbons (Fsp3) is 0.917. The van der Waals surface area contributed by atoms with Gasteiger partial charge in [-0.1, -0.05) is 27.2 Å². The molecule has 0 aromatic heterocycles. The molecule has 88 valence electrons. The summed E-state index contributed by atoms with van der Waals surface area (Å²) in [6.45, 7) is 11.0. The van der Waals surface area contributed by atoms with E-state index in [1.54, 1.807) is 6.21 Å². The molecule has 0 aliphatic carbocycles. The second-order valence-electron chi connectivity index (χ2n) is 5.69. The van der Waals surface area contributed by atoms with E-state index in [4.69, 9.17) is 5.21 Å². The lowest BCUT2D eigenvalue weighted by molar-refractivity contribution is 0.0490. The minimum absolute atomic E-state index is 0.0799. The summed E-state index contributed by atoms with van der Waals surface area (Å²) in [7, 11) is 0. The molecule has 0 saturated carbocycles. The molecule has 15 heavy (non-hydrogen) atoms. The minimum Gasteiger partial charge on any atom is -0.411 e. The van der Waals surface area contributed by atoms with Crippen LogP contribution in [0.3, 0.4) is 0 Å². The SMILES string of the molecule is CC(C)(C)C(C)(/C=N/O)N1CCCCC1. The van der Waals surface area contributed by atoms with E-state index in [1.165, 1.54) is 19.3 Å². The molecule has 0 aromatic carbocycles. The molecule has 0 amide bonds. The third-order valence-electron chi connectivity index (χ3n) is 3.84. The van der Waals surface area contributed by atoms with Gasteiger partial charge in [0.2, 0.25) is 0 Å². The van der Waals surface area contributed by atoms with E-state index in [2.05, 4.69) is 37.8 Å². The Labute approximate surface area is 93.2 Å². The van der Waals surface area contributed by atoms with Crippen molar-refractivity contribution in [2.24, 2.45) is 10.6 Å². The van der Waals surface area contributed by atoms with Crippen molar-refractivity contribution in [1.29, 1.82) is 0 Å². The van der Waals surface area contributed by atoms with Crippen molar-refractivity contribution in [3.8, 4) is 0 Å². The number of likely N-dealkylation sites (tertiary alicyclic amines) is 1. The van der Waals surface area contributed by atoms with Gasteiger partial charge in [-0.15, -0.1) is 5.16 Å². The smallest absolute Gasteiger partial charge is 0.0641 e. The van der Waals surface area contributed by atoms with Crippen LogP contribution >= 0.6 is 0 Å². The first-order chi connectivity index (χ1) is 6.92. The predicted molar refractivity (Wildman–Crippen MR) is 63.6 cm³/mol. The summed E-state index contributed by atoms with van der Waals surface area (Å²) in [6, 6.07) is 0. The Kier molecular flexibility index (Phi) is 3.77. The highest BCUT2D eigenvalue weighted by atomic mass is 16.4. The van der Waals surface area contributed by atoms with Gasteiger partial charge in [0.05, 0.1) is 11.8 Å². The van der Waals surface area contributed by atoms with Gasteiger partial charge in [0.15, 0.2) is 0 Å². The van der Waals surface area contributed by atoms with Crippen molar-refractivity contribution in [2.75, 3.05) is 13.1 Å². The molecule has 0 bridgehead atoms. The molecular weight excluding hydrogens is 188 g/mol. The van der Waals surface area contributed by atoms with E-state index in [1.807, 2.05) is 0 Å². The lowest BCUT2D eigenvalue weighted by Gasteiger charge is -2.48. The fourth-order valence-electron chi connectivity index (χ4n) is 2.22. The number of rotatable bonds is 2. The second kappa shape index (κ2) is 4.52. The molecule has 1 N–H and O–H groups in total. The summed E-state index contributed by atoms with van der Waals surface area (Å²) in [5.41, 5.74) is -0.0707. The van der Waals surface area contributed by atoms with Crippen molar-refractivity contribution in [2.45, 2.75) is 52.5 Å². The largest absolute Gasteiger partial charge is 0.411 e. The van der Waals surface area contributed by atoms with Gasteiger partial charge < -0.3 is 5.21 Å². The zero-order valence-corrected chi connectivity index (χ0v) is 10.5. The topological polar surface area (TPSA) is 35.8 Å². The Balaban J connectivity index is 2.89. The van der Waals surface area contributed by atoms with Gasteiger partial charge in [0.25, 0.3) is 0 Å². The minimum atomic E-state index is -0.151. The maximum Gasteiger partial charge on any atom is 0.0641 e. The van der Waals surface area contributed by atoms with Crippen LogP contribution in [0.2, 0.25) is 0 Å². The number of hydrogen-bond donors (Lipinski definition) is 1. The molecular formula is C12H24N2O. The molecule has 1 rings (SSSR count). The molecule has 0 radical (unpaired) electrons. The lowest BCUT2D eigenvalue weighted by atomic mass is 9.73. The van der Waals surface area contributed by atoms with Crippen LogP contribution in [-0.4, -0.2) is 35.0 Å². The number of hydrogen-bond acceptors (Lipinski definition) is 3. The predicted octanol–water partition coefficient (Wildman–Crippen LogP) is 2.74. The average molecular weight is 212 g/mol. The monoisotopic (exact) mass is 212 g/mol. The Morgan fingerprint density at radius 3 is 2.00 bits per heavy atom. The number of nitrogens with zero attached hydrogens (tertiary/aromatic N) is 2. The highest BCUT2D eigenvalue weighted by Crippen LogP contribution is 2.35. The summed E-state index contributed by atoms with van der Waals surface area (Å²) in [4.78, 5) is 2.44. The van der Waals surface area contributed by atoms with Crippen LogP contribution in [0.1, 0.15) is 47.0 Å². The standard InChI is InChI=1S/C12H24N2O/c1-11(2,3)12(4,10-13-15)14-8-6-5-7-9-14/h10,15H,5-9H2,1-4H3/b13-10+. The Morgan fingerprint density at radius 2 is 1.60 bits per heavy atom. The van der Waals surface area contributed by atoms with Gasteiger partial charge in [-0.2, -0.15) is 0 Å². The van der Waals surface area contributed by atoms with Crippen molar-refractivity contribution in [3.05, 3.63) is 0 Å². The lowest BCUT2D eigenvalue weighted by Crippen LogP contribution is -2.57. The first-order valence-electron chi connectivity index (χ1n) is 5.85. The molecule has 1 fully saturated rings. The van der Waals surface area contributed by atoms with Crippen LogP contribution in [0, 0.1) is 5.41 Å². The third kappa shape index (κ3) is 2.51. The fourth-order valence-corrected chi connectivity index (χ4v) is 2.22. The van der Waals surface area contributed by atoms with Gasteiger partial charge in [-0.3, -0.25) is 4.90 Å². The van der Waals surface area contributed by atoms with Crippen LogP contribution in [0.15, 0.2) is 5.16 Å². The normalized spacial score (nSPS) is 24.3. The molecule has 0 aromatic rings. The molecule has 1 saturated heterocycles. The highest BCUT2D eigenvalue weighted by Gasteiger charge is 2.41. The van der Waals surface area contributed by atoms with Crippen LogP contribution in [0.5, 0.6) is 0 Å². The summed E-state index contributed by atoms with van der Waals surface area (Å²) in [5, 5.41) is 12.1. The molecule has 1 unspecified atom stereocenters. The third-order valence-corrected chi connectivity index (χ3v) is 3.84. The van der Waals surface area contributed by atoms with Gasteiger partial charge in [-0.05, 0) is 38.3 Å². The van der Waals surface area contributed by atoms with E-state index < -0.39 is 0 Å².